The molecule has 0 bridgehead atoms. The largest absolute Gasteiger partial charge is 2.00 e. The van der Waals surface area contributed by atoms with Crippen molar-refractivity contribution in [3.63, 3.8) is 0 Å². The summed E-state index contributed by atoms with van der Waals surface area (Å²) in [7, 11) is -3.10. The Balaban J connectivity index is 0. The van der Waals surface area contributed by atoms with Crippen molar-refractivity contribution >= 4 is 9.84 Å². The minimum absolute atomic E-state index is 0. The van der Waals surface area contributed by atoms with Gasteiger partial charge in [-0.25, -0.2) is 8.42 Å². The third-order valence-corrected chi connectivity index (χ3v) is 2.57. The van der Waals surface area contributed by atoms with E-state index in [1.165, 1.54) is 6.26 Å². The third kappa shape index (κ3) is 3.97. The van der Waals surface area contributed by atoms with E-state index in [1.54, 1.807) is 24.3 Å². The molecule has 0 aromatic heterocycles. The molecule has 0 heterocycles. The van der Waals surface area contributed by atoms with Gasteiger partial charge < -0.3 is 7.43 Å². The maximum Gasteiger partial charge on any atom is 2.00 e. The second kappa shape index (κ2) is 5.46. The maximum atomic E-state index is 11.0. The quantitative estimate of drug-likeness (QED) is 0.708. The summed E-state index contributed by atoms with van der Waals surface area (Å²) < 4.78 is 22.0. The molecule has 0 saturated carbocycles. The fourth-order valence-corrected chi connectivity index (χ4v) is 1.74. The zero-order valence-corrected chi connectivity index (χ0v) is 11.4. The molecule has 0 aliphatic rings. The van der Waals surface area contributed by atoms with Gasteiger partial charge in [0.15, 0.2) is 0 Å². The first kappa shape index (κ1) is 15.2. The Labute approximate surface area is 94.5 Å². The molecule has 72 valence electrons. The molecule has 0 N–H and O–H groups in total. The van der Waals surface area contributed by atoms with Crippen LogP contribution in [0.25, 0.3) is 0 Å². The smallest absolute Gasteiger partial charge is 0.358 e. The van der Waals surface area contributed by atoms with Crippen molar-refractivity contribution < 1.29 is 29.5 Å². The minimum atomic E-state index is -3.10. The molecule has 0 aliphatic carbocycles. The molecule has 0 amide bonds. The second-order valence-electron chi connectivity index (χ2n) is 2.38. The van der Waals surface area contributed by atoms with Gasteiger partial charge in [-0.15, -0.1) is 12.1 Å². The van der Waals surface area contributed by atoms with Gasteiger partial charge in [-0.05, 0) is 4.90 Å². The topological polar surface area (TPSA) is 34.1 Å². The van der Waals surface area contributed by atoms with Gasteiger partial charge in [0.1, 0.15) is 9.84 Å². The van der Waals surface area contributed by atoms with Crippen molar-refractivity contribution in [3.8, 4) is 0 Å². The van der Waals surface area contributed by atoms with Gasteiger partial charge in [-0.1, -0.05) is 6.07 Å². The summed E-state index contributed by atoms with van der Waals surface area (Å²) in [5.74, 6) is 0. The summed E-state index contributed by atoms with van der Waals surface area (Å²) in [5.41, 5.74) is 0.551. The van der Waals surface area contributed by atoms with Gasteiger partial charge in [-0.2, -0.15) is 18.6 Å². The molecule has 0 aliphatic heterocycles. The number of hydrogen-bond donors (Lipinski definition) is 0. The number of sulfone groups is 1. The van der Waals surface area contributed by atoms with Gasteiger partial charge >= 0.3 is 21.1 Å². The molecule has 13 heavy (non-hydrogen) atoms. The van der Waals surface area contributed by atoms with E-state index < -0.39 is 9.84 Å². The first-order valence-electron chi connectivity index (χ1n) is 3.13. The van der Waals surface area contributed by atoms with E-state index in [0.717, 1.165) is 0 Å². The van der Waals surface area contributed by atoms with Gasteiger partial charge in [0.05, 0.1) is 0 Å². The molecule has 0 spiro atoms. The minimum Gasteiger partial charge on any atom is -0.358 e. The van der Waals surface area contributed by atoms with Crippen LogP contribution in [-0.2, 0) is 30.9 Å². The summed E-state index contributed by atoms with van der Waals surface area (Å²) in [6, 6.07) is 6.68. The molecular weight excluding hydrogens is 356 g/mol. The third-order valence-electron chi connectivity index (χ3n) is 1.37. The van der Waals surface area contributed by atoms with E-state index in [9.17, 15) is 8.42 Å². The van der Waals surface area contributed by atoms with Crippen LogP contribution in [0, 0.1) is 14.4 Å². The Kier molecular flexibility index (Phi) is 6.39. The summed E-state index contributed by atoms with van der Waals surface area (Å²) in [4.78, 5) is 0.306. The van der Waals surface area contributed by atoms with Crippen molar-refractivity contribution in [3.05, 3.63) is 44.2 Å². The van der Waals surface area contributed by atoms with Crippen LogP contribution in [0.1, 0.15) is 5.56 Å². The standard InChI is InChI=1S/C8H9O2S.CH3.W/c1-7-5-3-4-6-8(7)11(2,9)10;;/h3-6H,1H2,2H3;1H3;/q2*-1;+2. The van der Waals surface area contributed by atoms with E-state index in [2.05, 4.69) is 6.92 Å². The Hall–Kier alpha value is -0.272. The first-order chi connectivity index (χ1) is 5.02. The van der Waals surface area contributed by atoms with E-state index >= 15 is 0 Å². The normalized spacial score (nSPS) is 9.62. The van der Waals surface area contributed by atoms with Gasteiger partial charge in [0, 0.05) is 6.26 Å². The van der Waals surface area contributed by atoms with E-state index in [0.29, 0.717) is 10.5 Å². The first-order valence-corrected chi connectivity index (χ1v) is 5.02. The Morgan fingerprint density at radius 3 is 2.00 bits per heavy atom. The average molecular weight is 368 g/mol. The van der Waals surface area contributed by atoms with Crippen molar-refractivity contribution in [2.75, 3.05) is 6.26 Å². The van der Waals surface area contributed by atoms with Crippen LogP contribution in [0.4, 0.5) is 0 Å². The summed E-state index contributed by atoms with van der Waals surface area (Å²) in [6.45, 7) is 3.61. The molecule has 0 saturated heterocycles. The van der Waals surface area contributed by atoms with Crippen molar-refractivity contribution in [2.45, 2.75) is 4.90 Å². The van der Waals surface area contributed by atoms with Crippen LogP contribution in [0.3, 0.4) is 0 Å². The van der Waals surface area contributed by atoms with Crippen molar-refractivity contribution in [2.24, 2.45) is 0 Å². The molecule has 0 atom stereocenters. The fraction of sp³-hybridized carbons (Fsp3) is 0.111. The molecule has 2 nitrogen and oxygen atoms in total. The van der Waals surface area contributed by atoms with Crippen molar-refractivity contribution in [1.82, 2.24) is 0 Å². The van der Waals surface area contributed by atoms with Gasteiger partial charge in [0.25, 0.3) is 0 Å². The molecule has 1 aromatic rings. The van der Waals surface area contributed by atoms with E-state index in [1.807, 2.05) is 0 Å². The molecule has 0 fully saturated rings. The van der Waals surface area contributed by atoms with Crippen LogP contribution < -0.4 is 0 Å². The van der Waals surface area contributed by atoms with E-state index in [-0.39, 0.29) is 28.5 Å². The van der Waals surface area contributed by atoms with Crippen molar-refractivity contribution in [1.29, 1.82) is 0 Å². The number of hydrogen-bond acceptors (Lipinski definition) is 2. The van der Waals surface area contributed by atoms with Crippen LogP contribution >= 0.6 is 0 Å². The van der Waals surface area contributed by atoms with Gasteiger partial charge in [-0.3, -0.25) is 0 Å². The predicted molar refractivity (Wildman–Crippen MR) is 50.4 cm³/mol. The zero-order valence-electron chi connectivity index (χ0n) is 7.65. The average Bonchev–Trinajstić information content (AvgIpc) is 1.86. The second-order valence-corrected chi connectivity index (χ2v) is 4.36. The molecular formula is C9H12O2SW. The fourth-order valence-electron chi connectivity index (χ4n) is 0.866. The van der Waals surface area contributed by atoms with Crippen LogP contribution in [0.2, 0.25) is 0 Å². The summed E-state index contributed by atoms with van der Waals surface area (Å²) >= 11 is 0. The summed E-state index contributed by atoms with van der Waals surface area (Å²) in [5, 5.41) is 0. The maximum absolute atomic E-state index is 11.0. The SMILES string of the molecule is [CH2-]c1ccccc1S(C)(=O)=O.[CH3-].[W+2]. The molecule has 1 rings (SSSR count). The van der Waals surface area contributed by atoms with Crippen LogP contribution in [0.15, 0.2) is 29.2 Å². The predicted octanol–water partition coefficient (Wildman–Crippen LogP) is 1.72. The van der Waals surface area contributed by atoms with E-state index in [4.69, 9.17) is 0 Å². The molecule has 1 aromatic carbocycles. The zero-order chi connectivity index (χ0) is 8.48. The number of rotatable bonds is 1. The molecule has 0 unspecified atom stereocenters. The van der Waals surface area contributed by atoms with Gasteiger partial charge in [0.2, 0.25) is 0 Å². The number of benzene rings is 1. The summed E-state index contributed by atoms with van der Waals surface area (Å²) in [6.07, 6.45) is 1.18. The Bertz CT molecular complexity index is 358. The Morgan fingerprint density at radius 2 is 1.69 bits per heavy atom. The Morgan fingerprint density at radius 1 is 1.23 bits per heavy atom. The monoisotopic (exact) mass is 368 g/mol. The molecule has 0 radical (unpaired) electrons. The molecule has 4 heteroatoms. The van der Waals surface area contributed by atoms with Crippen LogP contribution in [0.5, 0.6) is 0 Å². The van der Waals surface area contributed by atoms with Crippen LogP contribution in [-0.4, -0.2) is 14.7 Å².